The first-order valence-electron chi connectivity index (χ1n) is 4.00. The highest BCUT2D eigenvalue weighted by molar-refractivity contribution is 6.29. The van der Waals surface area contributed by atoms with Gasteiger partial charge in [0.2, 0.25) is 0 Å². The van der Waals surface area contributed by atoms with Crippen LogP contribution < -0.4 is 5.73 Å². The fraction of sp³-hybridized carbons (Fsp3) is 0.444. The summed E-state index contributed by atoms with van der Waals surface area (Å²) in [7, 11) is 0. The van der Waals surface area contributed by atoms with E-state index in [1.807, 2.05) is 6.07 Å². The Bertz CT molecular complexity index is 271. The van der Waals surface area contributed by atoms with Crippen molar-refractivity contribution in [3.05, 3.63) is 28.5 Å². The van der Waals surface area contributed by atoms with Gasteiger partial charge in [0, 0.05) is 12.2 Å². The van der Waals surface area contributed by atoms with Gasteiger partial charge in [0.1, 0.15) is 5.15 Å². The Labute approximate surface area is 77.8 Å². The number of hydrogen-bond acceptors (Lipinski definition) is 2. The first-order chi connectivity index (χ1) is 5.63. The van der Waals surface area contributed by atoms with E-state index in [0.717, 1.165) is 11.3 Å². The molecule has 0 atom stereocenters. The second-order valence-corrected chi connectivity index (χ2v) is 3.47. The number of rotatable bonds is 2. The first kappa shape index (κ1) is 9.49. The summed E-state index contributed by atoms with van der Waals surface area (Å²) in [5, 5.41) is 0.529. The molecule has 0 aliphatic heterocycles. The molecule has 0 amide bonds. The van der Waals surface area contributed by atoms with E-state index in [-0.39, 0.29) is 0 Å². The van der Waals surface area contributed by atoms with Crippen LogP contribution in [0, 0.1) is 0 Å². The number of nitrogens with two attached hydrogens (primary N) is 1. The van der Waals surface area contributed by atoms with Gasteiger partial charge in [0.25, 0.3) is 0 Å². The van der Waals surface area contributed by atoms with Crippen LogP contribution in [0.15, 0.2) is 12.1 Å². The molecule has 0 radical (unpaired) electrons. The Morgan fingerprint density at radius 3 is 2.67 bits per heavy atom. The highest BCUT2D eigenvalue weighted by Gasteiger charge is 2.03. The van der Waals surface area contributed by atoms with E-state index in [2.05, 4.69) is 18.8 Å². The lowest BCUT2D eigenvalue weighted by molar-refractivity contribution is 0.817. The van der Waals surface area contributed by atoms with Crippen LogP contribution in [0.1, 0.15) is 31.0 Å². The minimum absolute atomic E-state index is 0.397. The largest absolute Gasteiger partial charge is 0.326 e. The third kappa shape index (κ3) is 2.19. The zero-order chi connectivity index (χ0) is 9.14. The standard InChI is InChI=1S/C9H13ClN2/c1-6(2)8-3-7(5-11)4-9(10)12-8/h3-4,6H,5,11H2,1-2H3. The van der Waals surface area contributed by atoms with Gasteiger partial charge in [-0.1, -0.05) is 25.4 Å². The highest BCUT2D eigenvalue weighted by Crippen LogP contribution is 2.16. The fourth-order valence-corrected chi connectivity index (χ4v) is 1.22. The third-order valence-corrected chi connectivity index (χ3v) is 1.89. The molecule has 0 aliphatic carbocycles. The molecule has 0 bridgehead atoms. The van der Waals surface area contributed by atoms with Crippen LogP contribution in [0.25, 0.3) is 0 Å². The molecule has 0 saturated heterocycles. The van der Waals surface area contributed by atoms with Gasteiger partial charge in [-0.3, -0.25) is 0 Å². The Hall–Kier alpha value is -0.600. The molecule has 0 aliphatic rings. The predicted octanol–water partition coefficient (Wildman–Crippen LogP) is 2.32. The lowest BCUT2D eigenvalue weighted by Gasteiger charge is -2.06. The Balaban J connectivity index is 3.06. The molecule has 0 aromatic carbocycles. The maximum absolute atomic E-state index is 5.81. The first-order valence-corrected chi connectivity index (χ1v) is 4.37. The molecular formula is C9H13ClN2. The van der Waals surface area contributed by atoms with Crippen molar-refractivity contribution in [2.24, 2.45) is 5.73 Å². The fourth-order valence-electron chi connectivity index (χ4n) is 0.986. The van der Waals surface area contributed by atoms with Crippen LogP contribution in [0.4, 0.5) is 0 Å². The molecule has 1 aromatic rings. The van der Waals surface area contributed by atoms with Gasteiger partial charge in [-0.15, -0.1) is 0 Å². The second kappa shape index (κ2) is 3.87. The summed E-state index contributed by atoms with van der Waals surface area (Å²) < 4.78 is 0. The lowest BCUT2D eigenvalue weighted by Crippen LogP contribution is -2.00. The summed E-state index contributed by atoms with van der Waals surface area (Å²) in [6.07, 6.45) is 0. The summed E-state index contributed by atoms with van der Waals surface area (Å²) in [4.78, 5) is 4.19. The van der Waals surface area contributed by atoms with Crippen molar-refractivity contribution >= 4 is 11.6 Å². The van der Waals surface area contributed by atoms with Crippen LogP contribution >= 0.6 is 11.6 Å². The van der Waals surface area contributed by atoms with Gasteiger partial charge in [-0.2, -0.15) is 0 Å². The lowest BCUT2D eigenvalue weighted by atomic mass is 10.1. The maximum atomic E-state index is 5.81. The molecule has 0 saturated carbocycles. The molecule has 1 heterocycles. The van der Waals surface area contributed by atoms with E-state index in [0.29, 0.717) is 17.6 Å². The van der Waals surface area contributed by atoms with Gasteiger partial charge in [0.05, 0.1) is 0 Å². The molecule has 12 heavy (non-hydrogen) atoms. The molecule has 1 aromatic heterocycles. The molecule has 1 rings (SSSR count). The summed E-state index contributed by atoms with van der Waals surface area (Å²) in [6.45, 7) is 4.68. The van der Waals surface area contributed by atoms with E-state index in [9.17, 15) is 0 Å². The van der Waals surface area contributed by atoms with E-state index in [4.69, 9.17) is 17.3 Å². The molecule has 0 spiro atoms. The second-order valence-electron chi connectivity index (χ2n) is 3.08. The van der Waals surface area contributed by atoms with Gasteiger partial charge >= 0.3 is 0 Å². The van der Waals surface area contributed by atoms with E-state index in [1.54, 1.807) is 6.07 Å². The molecule has 0 fully saturated rings. The number of aromatic nitrogens is 1. The summed E-state index contributed by atoms with van der Waals surface area (Å²) >= 11 is 5.81. The molecule has 3 heteroatoms. The van der Waals surface area contributed by atoms with Crippen molar-refractivity contribution in [1.29, 1.82) is 0 Å². The van der Waals surface area contributed by atoms with E-state index < -0.39 is 0 Å². The molecule has 2 N–H and O–H groups in total. The molecule has 2 nitrogen and oxygen atoms in total. The average Bonchev–Trinajstić information content (AvgIpc) is 2.03. The topological polar surface area (TPSA) is 38.9 Å². The van der Waals surface area contributed by atoms with Crippen molar-refractivity contribution in [3.8, 4) is 0 Å². The van der Waals surface area contributed by atoms with Crippen LogP contribution in [0.5, 0.6) is 0 Å². The van der Waals surface area contributed by atoms with Crippen molar-refractivity contribution in [1.82, 2.24) is 4.98 Å². The summed E-state index contributed by atoms with van der Waals surface area (Å²) in [6, 6.07) is 3.80. The maximum Gasteiger partial charge on any atom is 0.129 e. The van der Waals surface area contributed by atoms with Crippen molar-refractivity contribution < 1.29 is 0 Å². The van der Waals surface area contributed by atoms with E-state index in [1.165, 1.54) is 0 Å². The molecule has 0 unspecified atom stereocenters. The zero-order valence-corrected chi connectivity index (χ0v) is 8.10. The highest BCUT2D eigenvalue weighted by atomic mass is 35.5. The SMILES string of the molecule is CC(C)c1cc(CN)cc(Cl)n1. The number of pyridine rings is 1. The van der Waals surface area contributed by atoms with Crippen molar-refractivity contribution in [3.63, 3.8) is 0 Å². The van der Waals surface area contributed by atoms with Gasteiger partial charge in [-0.25, -0.2) is 4.98 Å². The van der Waals surface area contributed by atoms with Gasteiger partial charge < -0.3 is 5.73 Å². The van der Waals surface area contributed by atoms with Gasteiger partial charge in [0.15, 0.2) is 0 Å². The minimum Gasteiger partial charge on any atom is -0.326 e. The number of hydrogen-bond donors (Lipinski definition) is 1. The third-order valence-electron chi connectivity index (χ3n) is 1.70. The molecule has 66 valence electrons. The quantitative estimate of drug-likeness (QED) is 0.717. The number of nitrogens with zero attached hydrogens (tertiary/aromatic N) is 1. The van der Waals surface area contributed by atoms with Crippen LogP contribution in [-0.2, 0) is 6.54 Å². The summed E-state index contributed by atoms with van der Waals surface area (Å²) in [5.74, 6) is 0.397. The summed E-state index contributed by atoms with van der Waals surface area (Å²) in [5.41, 5.74) is 7.54. The van der Waals surface area contributed by atoms with Crippen molar-refractivity contribution in [2.45, 2.75) is 26.3 Å². The van der Waals surface area contributed by atoms with Crippen molar-refractivity contribution in [2.75, 3.05) is 0 Å². The average molecular weight is 185 g/mol. The Morgan fingerprint density at radius 1 is 1.50 bits per heavy atom. The minimum atomic E-state index is 0.397. The zero-order valence-electron chi connectivity index (χ0n) is 7.34. The van der Waals surface area contributed by atoms with Crippen LogP contribution in [-0.4, -0.2) is 4.98 Å². The Kier molecular flexibility index (Phi) is 3.06. The van der Waals surface area contributed by atoms with Gasteiger partial charge in [-0.05, 0) is 23.6 Å². The predicted molar refractivity (Wildman–Crippen MR) is 51.2 cm³/mol. The Morgan fingerprint density at radius 2 is 2.17 bits per heavy atom. The van der Waals surface area contributed by atoms with E-state index >= 15 is 0 Å². The normalized spacial score (nSPS) is 10.8. The van der Waals surface area contributed by atoms with Crippen LogP contribution in [0.2, 0.25) is 5.15 Å². The van der Waals surface area contributed by atoms with Crippen LogP contribution in [0.3, 0.4) is 0 Å². The smallest absolute Gasteiger partial charge is 0.129 e. The molecular weight excluding hydrogens is 172 g/mol. The number of halogens is 1. The monoisotopic (exact) mass is 184 g/mol.